The van der Waals surface area contributed by atoms with E-state index in [2.05, 4.69) is 33.0 Å². The molecule has 0 unspecified atom stereocenters. The lowest BCUT2D eigenvalue weighted by atomic mass is 10.1. The monoisotopic (exact) mass is 280 g/mol. The molecule has 0 spiro atoms. The summed E-state index contributed by atoms with van der Waals surface area (Å²) in [5.74, 6) is 0.608. The quantitative estimate of drug-likeness (QED) is 0.847. The molecule has 1 rings (SSSR count). The number of carbonyl (C=O) groups is 1. The molecule has 20 heavy (non-hydrogen) atoms. The summed E-state index contributed by atoms with van der Waals surface area (Å²) in [5.41, 5.74) is 0.897. The van der Waals surface area contributed by atoms with Crippen LogP contribution in [0.4, 0.5) is 9.18 Å². The van der Waals surface area contributed by atoms with Gasteiger partial charge in [0.05, 0.1) is 0 Å². The van der Waals surface area contributed by atoms with Gasteiger partial charge >= 0.3 is 6.03 Å². The SMILES string of the molecule is CC(C)CN(CC(C)C)C(=O)NCc1ccc(F)cc1. The van der Waals surface area contributed by atoms with Gasteiger partial charge in [-0.2, -0.15) is 0 Å². The van der Waals surface area contributed by atoms with Crippen LogP contribution in [0.1, 0.15) is 33.3 Å². The Bertz CT molecular complexity index is 405. The van der Waals surface area contributed by atoms with E-state index < -0.39 is 0 Å². The number of hydrogen-bond acceptors (Lipinski definition) is 1. The Labute approximate surface area is 121 Å². The van der Waals surface area contributed by atoms with E-state index in [1.54, 1.807) is 12.1 Å². The fourth-order valence-corrected chi connectivity index (χ4v) is 2.01. The fraction of sp³-hybridized carbons (Fsp3) is 0.562. The predicted octanol–water partition coefficient (Wildman–Crippen LogP) is 3.65. The fourth-order valence-electron chi connectivity index (χ4n) is 2.01. The zero-order chi connectivity index (χ0) is 15.1. The lowest BCUT2D eigenvalue weighted by molar-refractivity contribution is 0.183. The molecule has 0 saturated heterocycles. The van der Waals surface area contributed by atoms with Crippen LogP contribution in [0.2, 0.25) is 0 Å². The van der Waals surface area contributed by atoms with Gasteiger partial charge in [0, 0.05) is 19.6 Å². The van der Waals surface area contributed by atoms with Gasteiger partial charge in [-0.05, 0) is 29.5 Å². The third kappa shape index (κ3) is 6.04. The zero-order valence-corrected chi connectivity index (χ0v) is 12.8. The number of rotatable bonds is 6. The van der Waals surface area contributed by atoms with E-state index in [9.17, 15) is 9.18 Å². The largest absolute Gasteiger partial charge is 0.334 e. The maximum absolute atomic E-state index is 12.8. The standard InChI is InChI=1S/C16H25FN2O/c1-12(2)10-19(11-13(3)4)16(20)18-9-14-5-7-15(17)8-6-14/h5-8,12-13H,9-11H2,1-4H3,(H,18,20). The Morgan fingerprint density at radius 2 is 1.60 bits per heavy atom. The van der Waals surface area contributed by atoms with E-state index in [-0.39, 0.29) is 11.8 Å². The van der Waals surface area contributed by atoms with E-state index in [0.717, 1.165) is 18.7 Å². The lowest BCUT2D eigenvalue weighted by Crippen LogP contribution is -2.43. The van der Waals surface area contributed by atoms with Crippen molar-refractivity contribution in [3.8, 4) is 0 Å². The topological polar surface area (TPSA) is 32.3 Å². The van der Waals surface area contributed by atoms with Crippen molar-refractivity contribution in [1.29, 1.82) is 0 Å². The lowest BCUT2D eigenvalue weighted by Gasteiger charge is -2.26. The van der Waals surface area contributed by atoms with Crippen molar-refractivity contribution in [2.24, 2.45) is 11.8 Å². The summed E-state index contributed by atoms with van der Waals surface area (Å²) >= 11 is 0. The summed E-state index contributed by atoms with van der Waals surface area (Å²) in [5, 5.41) is 2.89. The molecular formula is C16H25FN2O. The molecule has 3 nitrogen and oxygen atoms in total. The Morgan fingerprint density at radius 1 is 1.10 bits per heavy atom. The van der Waals surface area contributed by atoms with E-state index in [1.807, 2.05) is 4.90 Å². The molecule has 1 N–H and O–H groups in total. The number of benzene rings is 1. The van der Waals surface area contributed by atoms with Crippen LogP contribution in [-0.4, -0.2) is 24.0 Å². The van der Waals surface area contributed by atoms with Crippen molar-refractivity contribution < 1.29 is 9.18 Å². The first kappa shape index (κ1) is 16.5. The normalized spacial score (nSPS) is 10.9. The van der Waals surface area contributed by atoms with Crippen LogP contribution in [0.25, 0.3) is 0 Å². The van der Waals surface area contributed by atoms with Crippen LogP contribution in [0.5, 0.6) is 0 Å². The van der Waals surface area contributed by atoms with Crippen LogP contribution in [0.15, 0.2) is 24.3 Å². The highest BCUT2D eigenvalue weighted by molar-refractivity contribution is 5.74. The second-order valence-electron chi connectivity index (χ2n) is 5.98. The van der Waals surface area contributed by atoms with E-state index in [4.69, 9.17) is 0 Å². The number of nitrogens with one attached hydrogen (secondary N) is 1. The predicted molar refractivity (Wildman–Crippen MR) is 79.9 cm³/mol. The molecule has 4 heteroatoms. The first-order valence-electron chi connectivity index (χ1n) is 7.15. The molecule has 1 aromatic carbocycles. The Hall–Kier alpha value is -1.58. The summed E-state index contributed by atoms with van der Waals surface area (Å²) in [6.07, 6.45) is 0. The Morgan fingerprint density at radius 3 is 2.05 bits per heavy atom. The summed E-state index contributed by atoms with van der Waals surface area (Å²) in [6, 6.07) is 6.12. The molecule has 0 radical (unpaired) electrons. The van der Waals surface area contributed by atoms with Gasteiger partial charge in [0.25, 0.3) is 0 Å². The smallest absolute Gasteiger partial charge is 0.317 e. The number of hydrogen-bond donors (Lipinski definition) is 1. The highest BCUT2D eigenvalue weighted by Crippen LogP contribution is 2.06. The molecule has 1 aromatic rings. The number of halogens is 1. The Balaban J connectivity index is 2.54. The number of carbonyl (C=O) groups excluding carboxylic acids is 1. The van der Waals surface area contributed by atoms with Gasteiger partial charge in [-0.25, -0.2) is 9.18 Å². The molecule has 112 valence electrons. The average Bonchev–Trinajstić information content (AvgIpc) is 2.36. The molecule has 0 saturated carbocycles. The molecule has 0 aliphatic heterocycles. The maximum atomic E-state index is 12.8. The number of urea groups is 1. The summed E-state index contributed by atoms with van der Waals surface area (Å²) < 4.78 is 12.8. The van der Waals surface area contributed by atoms with Crippen LogP contribution in [-0.2, 0) is 6.54 Å². The third-order valence-electron chi connectivity index (χ3n) is 2.82. The highest BCUT2D eigenvalue weighted by Gasteiger charge is 2.15. The third-order valence-corrected chi connectivity index (χ3v) is 2.82. The van der Waals surface area contributed by atoms with Crippen molar-refractivity contribution in [3.05, 3.63) is 35.6 Å². The van der Waals surface area contributed by atoms with Crippen LogP contribution >= 0.6 is 0 Å². The van der Waals surface area contributed by atoms with Gasteiger partial charge in [0.2, 0.25) is 0 Å². The zero-order valence-electron chi connectivity index (χ0n) is 12.8. The van der Waals surface area contributed by atoms with Gasteiger partial charge < -0.3 is 10.2 Å². The van der Waals surface area contributed by atoms with Crippen molar-refractivity contribution in [3.63, 3.8) is 0 Å². The van der Waals surface area contributed by atoms with Crippen molar-refractivity contribution in [2.45, 2.75) is 34.2 Å². The van der Waals surface area contributed by atoms with Gasteiger partial charge in [-0.1, -0.05) is 39.8 Å². The van der Waals surface area contributed by atoms with Crippen LogP contribution < -0.4 is 5.32 Å². The van der Waals surface area contributed by atoms with Gasteiger partial charge in [-0.3, -0.25) is 0 Å². The molecule has 0 bridgehead atoms. The van der Waals surface area contributed by atoms with Crippen molar-refractivity contribution in [2.75, 3.05) is 13.1 Å². The van der Waals surface area contributed by atoms with E-state index in [0.29, 0.717) is 18.4 Å². The van der Waals surface area contributed by atoms with Gasteiger partial charge in [0.1, 0.15) is 5.82 Å². The summed E-state index contributed by atoms with van der Waals surface area (Å²) in [6.45, 7) is 10.3. The van der Waals surface area contributed by atoms with Gasteiger partial charge in [0.15, 0.2) is 0 Å². The molecule has 0 aliphatic carbocycles. The molecule has 0 fully saturated rings. The average molecular weight is 280 g/mol. The minimum atomic E-state index is -0.263. The molecule has 0 aromatic heterocycles. The number of nitrogens with zero attached hydrogens (tertiary/aromatic N) is 1. The van der Waals surface area contributed by atoms with Crippen LogP contribution in [0.3, 0.4) is 0 Å². The van der Waals surface area contributed by atoms with Crippen LogP contribution in [0, 0.1) is 17.7 Å². The summed E-state index contributed by atoms with van der Waals surface area (Å²) in [7, 11) is 0. The minimum absolute atomic E-state index is 0.0586. The molecule has 0 atom stereocenters. The number of amides is 2. The molecular weight excluding hydrogens is 255 g/mol. The van der Waals surface area contributed by atoms with Gasteiger partial charge in [-0.15, -0.1) is 0 Å². The second kappa shape index (κ2) is 7.88. The second-order valence-corrected chi connectivity index (χ2v) is 5.98. The maximum Gasteiger partial charge on any atom is 0.317 e. The first-order chi connectivity index (χ1) is 9.38. The highest BCUT2D eigenvalue weighted by atomic mass is 19.1. The van der Waals surface area contributed by atoms with Crippen molar-refractivity contribution >= 4 is 6.03 Å². The molecule has 2 amide bonds. The van der Waals surface area contributed by atoms with E-state index >= 15 is 0 Å². The molecule has 0 aliphatic rings. The summed E-state index contributed by atoms with van der Waals surface area (Å²) in [4.78, 5) is 14.0. The first-order valence-corrected chi connectivity index (χ1v) is 7.15. The van der Waals surface area contributed by atoms with E-state index in [1.165, 1.54) is 12.1 Å². The molecule has 0 heterocycles. The van der Waals surface area contributed by atoms with Crippen molar-refractivity contribution in [1.82, 2.24) is 10.2 Å². The minimum Gasteiger partial charge on any atom is -0.334 e. The Kier molecular flexibility index (Phi) is 6.49.